The molecule has 7 rings (SSSR count). The third-order valence-electron chi connectivity index (χ3n) is 13.0. The van der Waals surface area contributed by atoms with Crippen molar-refractivity contribution in [2.24, 2.45) is 11.3 Å². The number of aromatic nitrogens is 2. The number of carbonyl (C=O) groups excluding carboxylic acids is 4. The molecule has 0 spiro atoms. The van der Waals surface area contributed by atoms with Crippen molar-refractivity contribution in [1.82, 2.24) is 35.1 Å². The maximum absolute atomic E-state index is 14.7. The molecule has 4 atom stereocenters. The third kappa shape index (κ3) is 9.65. The Morgan fingerprint density at radius 2 is 1.89 bits per heavy atom. The van der Waals surface area contributed by atoms with Gasteiger partial charge >= 0.3 is 12.1 Å². The summed E-state index contributed by atoms with van der Waals surface area (Å²) in [6, 6.07) is 4.52. The van der Waals surface area contributed by atoms with E-state index < -0.39 is 52.8 Å². The van der Waals surface area contributed by atoms with Crippen molar-refractivity contribution >= 4 is 30.0 Å². The van der Waals surface area contributed by atoms with Gasteiger partial charge in [0.1, 0.15) is 30.0 Å². The van der Waals surface area contributed by atoms with Crippen LogP contribution < -0.4 is 10.7 Å². The van der Waals surface area contributed by atoms with Gasteiger partial charge < -0.3 is 29.2 Å². The molecule has 63 heavy (non-hydrogen) atoms. The first kappa shape index (κ1) is 45.8. The van der Waals surface area contributed by atoms with Crippen LogP contribution in [0.5, 0.6) is 5.75 Å². The van der Waals surface area contributed by atoms with E-state index in [0.29, 0.717) is 64.0 Å². The van der Waals surface area contributed by atoms with Crippen LogP contribution in [0.25, 0.3) is 17.3 Å². The lowest BCUT2D eigenvalue weighted by atomic mass is 9.72. The molecule has 1 aliphatic carbocycles. The van der Waals surface area contributed by atoms with E-state index in [1.165, 1.54) is 17.0 Å². The third-order valence-corrected chi connectivity index (χ3v) is 13.0. The van der Waals surface area contributed by atoms with E-state index in [4.69, 9.17) is 14.2 Å². The van der Waals surface area contributed by atoms with Gasteiger partial charge in [-0.3, -0.25) is 34.2 Å². The SMILES string of the molecule is CCn1c2c3c(c1-c1cnccc1COC)CC(C)(C)COC(=O)[C@@H]1CCCN(N1)C(=O)[C@@H](NC(=O)[C@H](C(C)C)N(C)C(=O)OC1CN(C)C1)Cc1cc(O)cc(c1)C(C)(C=C2)C3. The molecule has 15 nitrogen and oxygen atoms in total. The number of fused-ring (bicyclic) bond motifs is 6. The fraction of sp³-hybridized carbons (Fsp3) is 0.562. The molecular formula is C48H65N7O8. The van der Waals surface area contributed by atoms with E-state index in [9.17, 15) is 24.3 Å². The Balaban J connectivity index is 1.30. The van der Waals surface area contributed by atoms with Crippen LogP contribution in [-0.4, -0.2) is 125 Å². The van der Waals surface area contributed by atoms with Crippen LogP contribution in [0.1, 0.15) is 87.9 Å². The number of allylic oxidation sites excluding steroid dienone is 1. The number of likely N-dealkylation sites (tertiary alicyclic amines) is 1. The summed E-state index contributed by atoms with van der Waals surface area (Å²) in [5.41, 5.74) is 9.94. The van der Waals surface area contributed by atoms with E-state index >= 15 is 0 Å². The van der Waals surface area contributed by atoms with Gasteiger partial charge in [-0.15, -0.1) is 0 Å². The standard InChI is InChI=1S/C48H65N7O8/c1-10-54-40-13-15-48(6)23-35(40)36(42(54)37-24-49-16-14-31(37)27-61-9)22-47(4,5)28-62-45(59)38-12-11-17-55(51-38)44(58)39(20-30-18-32(48)21-33(56)19-30)50-43(57)41(29(2)3)53(8)46(60)63-34-25-52(7)26-34/h13-16,18-19,21,24,29,34,38-39,41,51,56H,10-12,17,20,22-23,25-28H2,1-9H3,(H,50,57)/t38-,39-,41-,48?/m0/s1. The predicted octanol–water partition coefficient (Wildman–Crippen LogP) is 5.00. The summed E-state index contributed by atoms with van der Waals surface area (Å²) < 4.78 is 19.8. The van der Waals surface area contributed by atoms with E-state index in [1.54, 1.807) is 25.4 Å². The summed E-state index contributed by atoms with van der Waals surface area (Å²) in [5.74, 6) is -1.73. The number of pyridine rings is 1. The fourth-order valence-electron chi connectivity index (χ4n) is 9.76. The number of esters is 1. The number of nitrogens with zero attached hydrogens (tertiary/aromatic N) is 5. The summed E-state index contributed by atoms with van der Waals surface area (Å²) in [4.78, 5) is 64.1. The largest absolute Gasteiger partial charge is 0.508 e. The number of cyclic esters (lactones) is 1. The van der Waals surface area contributed by atoms with Gasteiger partial charge in [-0.1, -0.05) is 46.8 Å². The fourth-order valence-corrected chi connectivity index (χ4v) is 9.76. The van der Waals surface area contributed by atoms with E-state index in [0.717, 1.165) is 39.2 Å². The summed E-state index contributed by atoms with van der Waals surface area (Å²) in [6.45, 7) is 14.9. The monoisotopic (exact) mass is 867 g/mol. The second-order valence-corrected chi connectivity index (χ2v) is 19.3. The maximum Gasteiger partial charge on any atom is 0.410 e. The first-order chi connectivity index (χ1) is 29.9. The van der Waals surface area contributed by atoms with Gasteiger partial charge in [0.2, 0.25) is 5.91 Å². The lowest BCUT2D eigenvalue weighted by Crippen LogP contribution is -2.62. The highest BCUT2D eigenvalue weighted by molar-refractivity contribution is 5.92. The number of hydrogen-bond acceptors (Lipinski definition) is 11. The number of ether oxygens (including phenoxy) is 3. The molecule has 2 saturated heterocycles. The van der Waals surface area contributed by atoms with E-state index in [2.05, 4.69) is 60.1 Å². The Labute approximate surface area is 371 Å². The lowest BCUT2D eigenvalue weighted by Gasteiger charge is -2.38. The minimum Gasteiger partial charge on any atom is -0.508 e. The van der Waals surface area contributed by atoms with Gasteiger partial charge in [0.15, 0.2) is 0 Å². The van der Waals surface area contributed by atoms with Crippen molar-refractivity contribution in [2.75, 3.05) is 47.4 Å². The molecule has 0 radical (unpaired) electrons. The van der Waals surface area contributed by atoms with Crippen LogP contribution in [0.3, 0.4) is 0 Å². The molecule has 3 aromatic rings. The number of hydrogen-bond donors (Lipinski definition) is 3. The van der Waals surface area contributed by atoms with Crippen LogP contribution in [0.4, 0.5) is 4.79 Å². The zero-order chi connectivity index (χ0) is 45.4. The van der Waals surface area contributed by atoms with Gasteiger partial charge in [-0.2, -0.15) is 0 Å². The van der Waals surface area contributed by atoms with Crippen LogP contribution in [0.2, 0.25) is 0 Å². The summed E-state index contributed by atoms with van der Waals surface area (Å²) in [5, 5.41) is 15.8. The summed E-state index contributed by atoms with van der Waals surface area (Å²) in [7, 11) is 5.16. The zero-order valence-corrected chi connectivity index (χ0v) is 38.3. The van der Waals surface area contributed by atoms with Crippen LogP contribution >= 0.6 is 0 Å². The highest BCUT2D eigenvalue weighted by atomic mass is 16.6. The molecule has 5 heterocycles. The normalized spacial score (nSPS) is 23.3. The molecule has 340 valence electrons. The quantitative estimate of drug-likeness (QED) is 0.248. The predicted molar refractivity (Wildman–Crippen MR) is 238 cm³/mol. The van der Waals surface area contributed by atoms with E-state index in [-0.39, 0.29) is 30.8 Å². The van der Waals surface area contributed by atoms with Crippen LogP contribution in [0.15, 0.2) is 42.7 Å². The second-order valence-electron chi connectivity index (χ2n) is 19.3. The molecule has 3 N–H and O–H groups in total. The second kappa shape index (κ2) is 18.5. The molecule has 3 aliphatic heterocycles. The number of phenolic OH excluding ortho intramolecular Hbond substituents is 1. The molecular weight excluding hydrogens is 803 g/mol. The number of phenols is 1. The smallest absolute Gasteiger partial charge is 0.410 e. The Kier molecular flexibility index (Phi) is 13.4. The number of hydrazine groups is 1. The lowest BCUT2D eigenvalue weighted by molar-refractivity contribution is -0.155. The molecule has 6 bridgehead atoms. The first-order valence-electron chi connectivity index (χ1n) is 22.3. The molecule has 2 fully saturated rings. The number of methoxy groups -OCH3 is 1. The number of rotatable bonds is 9. The van der Waals surface area contributed by atoms with Gasteiger partial charge in [-0.05, 0) is 97.7 Å². The molecule has 15 heteroatoms. The Hall–Kier alpha value is -5.25. The molecule has 4 aliphatic rings. The Morgan fingerprint density at radius 1 is 1.13 bits per heavy atom. The van der Waals surface area contributed by atoms with Gasteiger partial charge in [0.25, 0.3) is 5.91 Å². The van der Waals surface area contributed by atoms with Crippen molar-refractivity contribution in [3.8, 4) is 17.0 Å². The molecule has 0 saturated carbocycles. The van der Waals surface area contributed by atoms with Crippen molar-refractivity contribution < 1.29 is 38.5 Å². The van der Waals surface area contributed by atoms with Crippen molar-refractivity contribution in [3.05, 3.63) is 76.2 Å². The van der Waals surface area contributed by atoms with E-state index in [1.807, 2.05) is 44.1 Å². The summed E-state index contributed by atoms with van der Waals surface area (Å²) >= 11 is 0. The minimum atomic E-state index is -1.13. The molecule has 1 aromatic carbocycles. The molecule has 2 aromatic heterocycles. The minimum absolute atomic E-state index is 0.0246. The number of amides is 3. The van der Waals surface area contributed by atoms with Gasteiger partial charge in [-0.25, -0.2) is 10.2 Å². The van der Waals surface area contributed by atoms with Gasteiger partial charge in [0, 0.05) is 81.2 Å². The number of benzene rings is 1. The maximum atomic E-state index is 14.7. The highest BCUT2D eigenvalue weighted by Gasteiger charge is 2.41. The highest BCUT2D eigenvalue weighted by Crippen LogP contribution is 2.45. The number of aromatic hydroxyl groups is 1. The Bertz CT molecular complexity index is 2250. The number of likely N-dealkylation sites (N-methyl/N-ethyl adjacent to an activating group) is 2. The first-order valence-corrected chi connectivity index (χ1v) is 22.3. The average Bonchev–Trinajstić information content (AvgIpc) is 3.52. The summed E-state index contributed by atoms with van der Waals surface area (Å²) in [6.07, 6.45) is 9.35. The van der Waals surface area contributed by atoms with Crippen molar-refractivity contribution in [1.29, 1.82) is 0 Å². The van der Waals surface area contributed by atoms with Gasteiger partial charge in [0.05, 0.1) is 18.9 Å². The van der Waals surface area contributed by atoms with Crippen LogP contribution in [-0.2, 0) is 66.4 Å². The average molecular weight is 868 g/mol. The number of carbonyl (C=O) groups is 4. The molecule has 1 unspecified atom stereocenters. The topological polar surface area (TPSA) is 168 Å². The molecule has 3 amide bonds. The van der Waals surface area contributed by atoms with Crippen molar-refractivity contribution in [3.63, 3.8) is 0 Å². The number of nitrogens with one attached hydrogen (secondary N) is 2. The Morgan fingerprint density at radius 3 is 2.59 bits per heavy atom. The van der Waals surface area contributed by atoms with Crippen molar-refractivity contribution in [2.45, 2.75) is 116 Å². The van der Waals surface area contributed by atoms with Crippen LogP contribution in [0, 0.1) is 11.3 Å². The zero-order valence-electron chi connectivity index (χ0n) is 38.3.